The van der Waals surface area contributed by atoms with Crippen molar-refractivity contribution in [3.63, 3.8) is 0 Å². The van der Waals surface area contributed by atoms with Crippen molar-refractivity contribution in [2.45, 2.75) is 97.1 Å². The van der Waals surface area contributed by atoms with Crippen LogP contribution in [0.3, 0.4) is 0 Å². The molecule has 1 atom stereocenters. The van der Waals surface area contributed by atoms with E-state index in [-0.39, 0.29) is 18.8 Å². The van der Waals surface area contributed by atoms with Crippen molar-refractivity contribution in [2.75, 3.05) is 6.61 Å². The summed E-state index contributed by atoms with van der Waals surface area (Å²) in [4.78, 5) is 8.81. The van der Waals surface area contributed by atoms with Crippen LogP contribution < -0.4 is 4.74 Å². The molecular weight excluding hydrogens is 394 g/mol. The van der Waals surface area contributed by atoms with Crippen molar-refractivity contribution in [2.24, 2.45) is 0 Å². The first-order valence-corrected chi connectivity index (χ1v) is 12.0. The maximum Gasteiger partial charge on any atom is 0.165 e. The van der Waals surface area contributed by atoms with E-state index in [1.165, 1.54) is 44.6 Å². The first-order chi connectivity index (χ1) is 15.1. The molecule has 0 saturated carbocycles. The Kier molecular flexibility index (Phi) is 12.1. The summed E-state index contributed by atoms with van der Waals surface area (Å²) in [6.45, 7) is 4.44. The zero-order valence-corrected chi connectivity index (χ0v) is 19.2. The van der Waals surface area contributed by atoms with Crippen LogP contribution in [0.4, 0.5) is 8.78 Å². The van der Waals surface area contributed by atoms with Crippen molar-refractivity contribution in [3.05, 3.63) is 42.0 Å². The molecule has 0 N–H and O–H groups in total. The summed E-state index contributed by atoms with van der Waals surface area (Å²) >= 11 is 0. The molecule has 2 aromatic rings. The molecule has 1 aromatic heterocycles. The van der Waals surface area contributed by atoms with Gasteiger partial charge in [-0.15, -0.1) is 0 Å². The minimum atomic E-state index is -0.893. The Balaban J connectivity index is 1.77. The number of rotatable bonds is 16. The predicted octanol–water partition coefficient (Wildman–Crippen LogP) is 7.87. The monoisotopic (exact) mass is 432 g/mol. The van der Waals surface area contributed by atoms with Crippen LogP contribution in [0.25, 0.3) is 11.4 Å². The standard InChI is InChI=1S/C26H38F2N2O/c1-3-5-7-8-9-10-11-12-21-19-29-26(30-20-21)22-14-15-25(24(28)18-22)31-17-16-23(27)13-6-4-2/h14-15,18-20,23H,3-13,16-17H2,1-2H3. The lowest BCUT2D eigenvalue weighted by Crippen LogP contribution is -2.08. The van der Waals surface area contributed by atoms with Crippen molar-refractivity contribution >= 4 is 0 Å². The fraction of sp³-hybridized carbons (Fsp3) is 0.615. The van der Waals surface area contributed by atoms with Gasteiger partial charge in [-0.3, -0.25) is 0 Å². The average molecular weight is 433 g/mol. The summed E-state index contributed by atoms with van der Waals surface area (Å²) in [6.07, 6.45) is 15.3. The molecule has 0 radical (unpaired) electrons. The second-order valence-electron chi connectivity index (χ2n) is 8.31. The molecule has 0 amide bonds. The maximum absolute atomic E-state index is 14.4. The lowest BCUT2D eigenvalue weighted by molar-refractivity contribution is 0.218. The Morgan fingerprint density at radius 3 is 2.23 bits per heavy atom. The minimum Gasteiger partial charge on any atom is -0.490 e. The van der Waals surface area contributed by atoms with Gasteiger partial charge in [-0.1, -0.05) is 65.2 Å². The van der Waals surface area contributed by atoms with E-state index < -0.39 is 12.0 Å². The molecule has 5 heteroatoms. The van der Waals surface area contributed by atoms with Gasteiger partial charge in [-0.25, -0.2) is 18.7 Å². The van der Waals surface area contributed by atoms with Crippen LogP contribution in [-0.2, 0) is 6.42 Å². The van der Waals surface area contributed by atoms with E-state index in [1.54, 1.807) is 12.1 Å². The number of nitrogens with zero attached hydrogens (tertiary/aromatic N) is 2. The van der Waals surface area contributed by atoms with Gasteiger partial charge in [0.15, 0.2) is 17.4 Å². The number of aryl methyl sites for hydroxylation is 1. The topological polar surface area (TPSA) is 35.0 Å². The van der Waals surface area contributed by atoms with Crippen molar-refractivity contribution < 1.29 is 13.5 Å². The van der Waals surface area contributed by atoms with E-state index in [0.717, 1.165) is 31.2 Å². The van der Waals surface area contributed by atoms with Gasteiger partial charge in [-0.05, 0) is 43.0 Å². The predicted molar refractivity (Wildman–Crippen MR) is 124 cm³/mol. The summed E-state index contributed by atoms with van der Waals surface area (Å²) in [7, 11) is 0. The zero-order valence-electron chi connectivity index (χ0n) is 19.2. The third-order valence-electron chi connectivity index (χ3n) is 5.52. The Labute approximate surface area is 186 Å². The van der Waals surface area contributed by atoms with Crippen molar-refractivity contribution in [1.82, 2.24) is 9.97 Å². The molecule has 1 aromatic carbocycles. The minimum absolute atomic E-state index is 0.141. The van der Waals surface area contributed by atoms with E-state index in [4.69, 9.17) is 4.74 Å². The van der Waals surface area contributed by atoms with Crippen LogP contribution in [-0.4, -0.2) is 22.7 Å². The number of ether oxygens (including phenoxy) is 1. The second-order valence-corrected chi connectivity index (χ2v) is 8.31. The summed E-state index contributed by atoms with van der Waals surface area (Å²) in [5, 5.41) is 0. The van der Waals surface area contributed by atoms with Crippen LogP contribution in [0.1, 0.15) is 90.0 Å². The molecule has 0 fully saturated rings. The molecule has 172 valence electrons. The van der Waals surface area contributed by atoms with Gasteiger partial charge < -0.3 is 4.74 Å². The van der Waals surface area contributed by atoms with Gasteiger partial charge in [0, 0.05) is 24.4 Å². The summed E-state index contributed by atoms with van der Waals surface area (Å²) in [5.41, 5.74) is 1.72. The lowest BCUT2D eigenvalue weighted by atomic mass is 10.1. The molecule has 3 nitrogen and oxygen atoms in total. The third-order valence-corrected chi connectivity index (χ3v) is 5.52. The molecule has 31 heavy (non-hydrogen) atoms. The number of aromatic nitrogens is 2. The molecule has 0 spiro atoms. The fourth-order valence-electron chi connectivity index (χ4n) is 3.54. The summed E-state index contributed by atoms with van der Waals surface area (Å²) in [5.74, 6) is 0.163. The molecule has 0 bridgehead atoms. The largest absolute Gasteiger partial charge is 0.490 e. The highest BCUT2D eigenvalue weighted by molar-refractivity contribution is 5.56. The van der Waals surface area contributed by atoms with Crippen molar-refractivity contribution in [3.8, 4) is 17.1 Å². The van der Waals surface area contributed by atoms with E-state index >= 15 is 0 Å². The van der Waals surface area contributed by atoms with E-state index in [1.807, 2.05) is 19.3 Å². The Bertz CT molecular complexity index is 737. The van der Waals surface area contributed by atoms with Crippen LogP contribution in [0.5, 0.6) is 5.75 Å². The average Bonchev–Trinajstić information content (AvgIpc) is 2.78. The summed E-state index contributed by atoms with van der Waals surface area (Å²) < 4.78 is 33.5. The molecule has 1 unspecified atom stereocenters. The highest BCUT2D eigenvalue weighted by Gasteiger charge is 2.10. The first kappa shape index (κ1) is 25.2. The van der Waals surface area contributed by atoms with Crippen LogP contribution >= 0.6 is 0 Å². The van der Waals surface area contributed by atoms with E-state index in [9.17, 15) is 8.78 Å². The number of hydrogen-bond donors (Lipinski definition) is 0. The number of halogens is 2. The molecule has 1 heterocycles. The van der Waals surface area contributed by atoms with Crippen molar-refractivity contribution in [1.29, 1.82) is 0 Å². The molecular formula is C26H38F2N2O. The van der Waals surface area contributed by atoms with Crippen LogP contribution in [0.2, 0.25) is 0 Å². The van der Waals surface area contributed by atoms with Crippen LogP contribution in [0.15, 0.2) is 30.6 Å². The first-order valence-electron chi connectivity index (χ1n) is 12.0. The molecule has 0 aliphatic rings. The van der Waals surface area contributed by atoms with Crippen LogP contribution in [0, 0.1) is 5.82 Å². The Hall–Kier alpha value is -2.04. The van der Waals surface area contributed by atoms with E-state index in [2.05, 4.69) is 16.9 Å². The lowest BCUT2D eigenvalue weighted by Gasteiger charge is -2.11. The highest BCUT2D eigenvalue weighted by Crippen LogP contribution is 2.24. The Morgan fingerprint density at radius 2 is 1.55 bits per heavy atom. The smallest absolute Gasteiger partial charge is 0.165 e. The van der Waals surface area contributed by atoms with Gasteiger partial charge in [0.25, 0.3) is 0 Å². The van der Waals surface area contributed by atoms with Gasteiger partial charge in [0.2, 0.25) is 0 Å². The molecule has 0 saturated heterocycles. The van der Waals surface area contributed by atoms with Gasteiger partial charge in [-0.2, -0.15) is 0 Å². The fourth-order valence-corrected chi connectivity index (χ4v) is 3.54. The summed E-state index contributed by atoms with van der Waals surface area (Å²) in [6, 6.07) is 4.69. The van der Waals surface area contributed by atoms with Gasteiger partial charge >= 0.3 is 0 Å². The second kappa shape index (κ2) is 14.9. The van der Waals surface area contributed by atoms with Gasteiger partial charge in [0.1, 0.15) is 6.17 Å². The SMILES string of the molecule is CCCCCCCCCc1cnc(-c2ccc(OCCC(F)CCCC)c(F)c2)nc1. The van der Waals surface area contributed by atoms with E-state index in [0.29, 0.717) is 17.8 Å². The Morgan fingerprint density at radius 1 is 0.871 bits per heavy atom. The molecule has 2 rings (SSSR count). The number of unbranched alkanes of at least 4 members (excludes halogenated alkanes) is 7. The maximum atomic E-state index is 14.4. The number of alkyl halides is 1. The van der Waals surface area contributed by atoms with Gasteiger partial charge in [0.05, 0.1) is 6.61 Å². The number of hydrogen-bond acceptors (Lipinski definition) is 3. The zero-order chi connectivity index (χ0) is 22.3. The number of benzene rings is 1. The highest BCUT2D eigenvalue weighted by atomic mass is 19.1. The quantitative estimate of drug-likeness (QED) is 0.253. The molecule has 0 aliphatic heterocycles. The molecule has 0 aliphatic carbocycles. The third kappa shape index (κ3) is 9.75. The normalized spacial score (nSPS) is 12.1.